The van der Waals surface area contributed by atoms with E-state index in [0.717, 1.165) is 5.69 Å². The molecule has 0 aliphatic rings. The summed E-state index contributed by atoms with van der Waals surface area (Å²) < 4.78 is 0. The molecule has 1 rings (SSSR count). The van der Waals surface area contributed by atoms with Crippen molar-refractivity contribution in [3.05, 3.63) is 11.9 Å². The third-order valence-corrected chi connectivity index (χ3v) is 0.499. The van der Waals surface area contributed by atoms with Gasteiger partial charge in [-0.1, -0.05) is 13.8 Å². The molecule has 1 heterocycles. The molecule has 0 fully saturated rings. The Bertz CT molecular complexity index is 116. The summed E-state index contributed by atoms with van der Waals surface area (Å²) in [5.74, 6) is 0. The van der Waals surface area contributed by atoms with Crippen LogP contribution in [0.5, 0.6) is 0 Å². The van der Waals surface area contributed by atoms with Crippen molar-refractivity contribution in [3.8, 4) is 0 Å². The zero-order valence-corrected chi connectivity index (χ0v) is 9.54. The van der Waals surface area contributed by atoms with Gasteiger partial charge in [0.1, 0.15) is 0 Å². The fraction of sp³-hybridized carbons (Fsp3) is 0.600. The molecule has 46 valence electrons. The van der Waals surface area contributed by atoms with Gasteiger partial charge in [0.25, 0.3) is 0 Å². The largest absolute Gasteiger partial charge is 1.00 e. The van der Waals surface area contributed by atoms with Crippen LogP contribution in [0.25, 0.3) is 0 Å². The fourth-order valence-electron chi connectivity index (χ4n) is 0.232. The van der Waals surface area contributed by atoms with Crippen LogP contribution >= 0.6 is 0 Å². The molecule has 4 heteroatoms. The second kappa shape index (κ2) is 8.78. The Labute approximate surface area is 98.0 Å². The second-order valence-electron chi connectivity index (χ2n) is 1.08. The van der Waals surface area contributed by atoms with Crippen molar-refractivity contribution in [3.63, 3.8) is 0 Å². The standard InChI is InChI=1S/C3H4N3.C2H6.K/c1-3-2-4-6-5-3;1-2;/h2H,1H3;1-2H3;/q-1;;+1. The average Bonchev–Trinajstić information content (AvgIpc) is 2.24. The summed E-state index contributed by atoms with van der Waals surface area (Å²) in [6.45, 7) is 5.85. The van der Waals surface area contributed by atoms with Crippen LogP contribution in [-0.4, -0.2) is 10.2 Å². The number of aromatic nitrogens is 3. The van der Waals surface area contributed by atoms with Gasteiger partial charge < -0.3 is 15.4 Å². The number of rotatable bonds is 0. The first kappa shape index (κ1) is 12.5. The monoisotopic (exact) mass is 151 g/mol. The predicted octanol–water partition coefficient (Wildman–Crippen LogP) is -2.23. The molecule has 0 spiro atoms. The first-order valence-electron chi connectivity index (χ1n) is 2.67. The summed E-state index contributed by atoms with van der Waals surface area (Å²) in [7, 11) is 0. The minimum atomic E-state index is 0. The van der Waals surface area contributed by atoms with E-state index in [0.29, 0.717) is 0 Å². The van der Waals surface area contributed by atoms with Crippen molar-refractivity contribution in [2.24, 2.45) is 0 Å². The first-order valence-corrected chi connectivity index (χ1v) is 2.67. The molecular weight excluding hydrogens is 141 g/mol. The number of hydrogen-bond donors (Lipinski definition) is 0. The van der Waals surface area contributed by atoms with Crippen LogP contribution in [0.2, 0.25) is 0 Å². The van der Waals surface area contributed by atoms with E-state index in [1.165, 1.54) is 0 Å². The van der Waals surface area contributed by atoms with E-state index in [1.807, 2.05) is 20.8 Å². The van der Waals surface area contributed by atoms with Gasteiger partial charge in [-0.05, 0) is 6.92 Å². The fourth-order valence-corrected chi connectivity index (χ4v) is 0.232. The molecule has 3 nitrogen and oxygen atoms in total. The van der Waals surface area contributed by atoms with Crippen LogP contribution in [0, 0.1) is 6.92 Å². The molecule has 0 saturated heterocycles. The average molecular weight is 151 g/mol. The Morgan fingerprint density at radius 2 is 2.00 bits per heavy atom. The van der Waals surface area contributed by atoms with E-state index in [4.69, 9.17) is 0 Å². The molecule has 9 heavy (non-hydrogen) atoms. The second-order valence-corrected chi connectivity index (χ2v) is 1.08. The third kappa shape index (κ3) is 6.66. The van der Waals surface area contributed by atoms with Crippen molar-refractivity contribution in [2.75, 3.05) is 0 Å². The van der Waals surface area contributed by atoms with Crippen LogP contribution in [0.15, 0.2) is 6.20 Å². The number of aryl methyl sites for hydroxylation is 1. The smallest absolute Gasteiger partial charge is 0.493 e. The molecule has 0 bridgehead atoms. The molecular formula is C5H10KN3. The molecule has 0 atom stereocenters. The van der Waals surface area contributed by atoms with Crippen LogP contribution in [0.4, 0.5) is 0 Å². The zero-order valence-electron chi connectivity index (χ0n) is 6.42. The van der Waals surface area contributed by atoms with Gasteiger partial charge in [0.15, 0.2) is 0 Å². The van der Waals surface area contributed by atoms with E-state index in [9.17, 15) is 0 Å². The summed E-state index contributed by atoms with van der Waals surface area (Å²) in [5, 5.41) is 10.3. The Hall–Kier alpha value is 0.776. The first-order chi connectivity index (χ1) is 3.89. The Morgan fingerprint density at radius 3 is 2.11 bits per heavy atom. The quantitative estimate of drug-likeness (QED) is 0.394. The van der Waals surface area contributed by atoms with Gasteiger partial charge in [-0.2, -0.15) is 0 Å². The molecule has 1 aromatic rings. The van der Waals surface area contributed by atoms with Crippen molar-refractivity contribution in [1.29, 1.82) is 0 Å². The van der Waals surface area contributed by atoms with Crippen molar-refractivity contribution >= 4 is 0 Å². The van der Waals surface area contributed by atoms with Crippen LogP contribution in [0.1, 0.15) is 19.5 Å². The van der Waals surface area contributed by atoms with Crippen LogP contribution in [-0.2, 0) is 0 Å². The molecule has 0 radical (unpaired) electrons. The summed E-state index contributed by atoms with van der Waals surface area (Å²) in [5.41, 5.74) is 0.870. The minimum absolute atomic E-state index is 0. The molecule has 0 aromatic carbocycles. The molecule has 0 saturated carbocycles. The van der Waals surface area contributed by atoms with Gasteiger partial charge in [0, 0.05) is 11.9 Å². The predicted molar refractivity (Wildman–Crippen MR) is 31.4 cm³/mol. The maximum Gasteiger partial charge on any atom is 1.00 e. The van der Waals surface area contributed by atoms with Gasteiger partial charge >= 0.3 is 51.4 Å². The van der Waals surface area contributed by atoms with E-state index >= 15 is 0 Å². The summed E-state index contributed by atoms with van der Waals surface area (Å²) in [4.78, 5) is 0. The topological polar surface area (TPSA) is 39.9 Å². The molecule has 0 unspecified atom stereocenters. The van der Waals surface area contributed by atoms with Gasteiger partial charge in [-0.15, -0.1) is 0 Å². The van der Waals surface area contributed by atoms with Gasteiger partial charge in [-0.25, -0.2) is 0 Å². The summed E-state index contributed by atoms with van der Waals surface area (Å²) >= 11 is 0. The Balaban J connectivity index is 0. The van der Waals surface area contributed by atoms with E-state index < -0.39 is 0 Å². The van der Waals surface area contributed by atoms with Gasteiger partial charge in [0.05, 0.1) is 0 Å². The molecule has 0 N–H and O–H groups in total. The van der Waals surface area contributed by atoms with E-state index in [-0.39, 0.29) is 51.4 Å². The summed E-state index contributed by atoms with van der Waals surface area (Å²) in [6, 6.07) is 0. The van der Waals surface area contributed by atoms with E-state index in [2.05, 4.69) is 15.4 Å². The third-order valence-electron chi connectivity index (χ3n) is 0.499. The van der Waals surface area contributed by atoms with Crippen molar-refractivity contribution in [1.82, 2.24) is 15.4 Å². The van der Waals surface area contributed by atoms with Crippen LogP contribution < -0.4 is 56.6 Å². The van der Waals surface area contributed by atoms with E-state index in [1.54, 1.807) is 6.20 Å². The number of hydrogen-bond acceptors (Lipinski definition) is 2. The number of nitrogens with zero attached hydrogens (tertiary/aromatic N) is 3. The maximum atomic E-state index is 3.56. The van der Waals surface area contributed by atoms with Crippen molar-refractivity contribution in [2.45, 2.75) is 20.8 Å². The normalized spacial score (nSPS) is 6.56. The van der Waals surface area contributed by atoms with Gasteiger partial charge in [0.2, 0.25) is 0 Å². The summed E-state index contributed by atoms with van der Waals surface area (Å²) in [6.07, 6.45) is 1.61. The molecule has 0 aliphatic heterocycles. The van der Waals surface area contributed by atoms with Gasteiger partial charge in [-0.3, -0.25) is 0 Å². The maximum absolute atomic E-state index is 3.56. The SMILES string of the molecule is CC.Cc1cn[n-]n1.[K+]. The van der Waals surface area contributed by atoms with Crippen LogP contribution in [0.3, 0.4) is 0 Å². The Kier molecular flexibility index (Phi) is 12.1. The Morgan fingerprint density at radius 1 is 1.44 bits per heavy atom. The molecule has 1 aromatic heterocycles. The molecule has 0 aliphatic carbocycles. The minimum Gasteiger partial charge on any atom is -0.493 e. The molecule has 0 amide bonds. The zero-order chi connectivity index (χ0) is 6.41. The van der Waals surface area contributed by atoms with Crippen molar-refractivity contribution < 1.29 is 51.4 Å².